The number of nitrogens with one attached hydrogen (secondary N) is 1. The van der Waals surface area contributed by atoms with Gasteiger partial charge in [-0.05, 0) is 41.8 Å². The van der Waals surface area contributed by atoms with Crippen molar-refractivity contribution < 1.29 is 23.9 Å². The molecule has 0 bridgehead atoms. The lowest BCUT2D eigenvalue weighted by molar-refractivity contribution is 0.0696. The molecule has 4 aromatic rings. The number of aromatic nitrogens is 3. The number of rotatable bonds is 8. The molecule has 0 aliphatic heterocycles. The number of fused-ring (bicyclic) bond motifs is 1. The smallest absolute Gasteiger partial charge is 0.338 e. The maximum atomic E-state index is 11.0. The van der Waals surface area contributed by atoms with Crippen LogP contribution < -0.4 is 14.2 Å². The van der Waals surface area contributed by atoms with Crippen LogP contribution in [0.3, 0.4) is 0 Å². The fourth-order valence-corrected chi connectivity index (χ4v) is 3.71. The third kappa shape index (κ3) is 3.90. The van der Waals surface area contributed by atoms with Gasteiger partial charge >= 0.3 is 5.97 Å². The van der Waals surface area contributed by atoms with Gasteiger partial charge in [0.05, 0.1) is 37.4 Å². The predicted octanol–water partition coefficient (Wildman–Crippen LogP) is 3.91. The maximum Gasteiger partial charge on any atom is 0.338 e. The van der Waals surface area contributed by atoms with Gasteiger partial charge in [-0.15, -0.1) is 0 Å². The first-order valence-electron chi connectivity index (χ1n) is 8.87. The van der Waals surface area contributed by atoms with E-state index in [4.69, 9.17) is 19.1 Å². The average Bonchev–Trinajstić information content (AvgIpc) is 3.39. The molecule has 154 valence electrons. The summed E-state index contributed by atoms with van der Waals surface area (Å²) in [7, 11) is 3.19. The van der Waals surface area contributed by atoms with E-state index in [1.807, 2.05) is 36.4 Å². The molecule has 0 atom stereocenters. The molecule has 0 saturated carbocycles. The van der Waals surface area contributed by atoms with Gasteiger partial charge in [0, 0.05) is 6.20 Å². The maximum absolute atomic E-state index is 11.0. The Labute approximate surface area is 175 Å². The number of carboxylic acids is 1. The molecule has 0 amide bonds. The molecule has 0 aliphatic carbocycles. The summed E-state index contributed by atoms with van der Waals surface area (Å²) in [6.45, 7) is 0.360. The zero-order valence-electron chi connectivity index (χ0n) is 16.2. The zero-order chi connectivity index (χ0) is 21.1. The molecule has 4 rings (SSSR count). The van der Waals surface area contributed by atoms with Crippen LogP contribution in [0.25, 0.3) is 11.0 Å². The first-order valence-corrected chi connectivity index (χ1v) is 9.68. The van der Waals surface area contributed by atoms with Crippen molar-refractivity contribution in [1.82, 2.24) is 14.9 Å². The van der Waals surface area contributed by atoms with E-state index in [2.05, 4.69) is 15.0 Å². The fourth-order valence-electron chi connectivity index (χ4n) is 2.97. The Kier molecular flexibility index (Phi) is 5.48. The molecule has 0 spiro atoms. The molecule has 0 aliphatic rings. The van der Waals surface area contributed by atoms with Gasteiger partial charge in [0.25, 0.3) is 0 Å². The topological polar surface area (TPSA) is 112 Å². The Morgan fingerprint density at radius 1 is 1.23 bits per heavy atom. The lowest BCUT2D eigenvalue weighted by atomic mass is 10.1. The molecule has 0 fully saturated rings. The van der Waals surface area contributed by atoms with Gasteiger partial charge in [-0.2, -0.15) is 5.10 Å². The average molecular weight is 426 g/mol. The second kappa shape index (κ2) is 8.37. The lowest BCUT2D eigenvalue weighted by Crippen LogP contribution is -2.01. The van der Waals surface area contributed by atoms with Crippen molar-refractivity contribution in [2.24, 2.45) is 0 Å². The molecule has 0 radical (unpaired) electrons. The van der Waals surface area contributed by atoms with Crippen LogP contribution in [-0.4, -0.2) is 40.2 Å². The minimum atomic E-state index is -1.02. The fraction of sp³-hybridized carbons (Fsp3) is 0.150. The Morgan fingerprint density at radius 3 is 2.77 bits per heavy atom. The number of carbonyl (C=O) groups is 1. The summed E-state index contributed by atoms with van der Waals surface area (Å²) in [6.07, 6.45) is 2.78. The third-order valence-electron chi connectivity index (χ3n) is 4.37. The van der Waals surface area contributed by atoms with Gasteiger partial charge in [0.15, 0.2) is 11.4 Å². The Bertz CT molecular complexity index is 1200. The highest BCUT2D eigenvalue weighted by atomic mass is 32.2. The first-order chi connectivity index (χ1) is 14.6. The Morgan fingerprint density at radius 2 is 2.03 bits per heavy atom. The van der Waals surface area contributed by atoms with Gasteiger partial charge in [0.2, 0.25) is 0 Å². The monoisotopic (exact) mass is 426 g/mol. The molecule has 2 aromatic carbocycles. The van der Waals surface area contributed by atoms with Crippen molar-refractivity contribution in [3.8, 4) is 11.5 Å². The summed E-state index contributed by atoms with van der Waals surface area (Å²) in [6, 6.07) is 11.3. The summed E-state index contributed by atoms with van der Waals surface area (Å²) >= 11 is 1.35. The standard InChI is InChI=1S/C20H18N4O5S/c1-27-14-5-3-4-6-17(14)30-23-19-18-15(28-2)7-12(8-16(18)29-22-19)10-24-11-13(9-21-24)20(25)26/h3-9,11H,10H2,1-2H3,(H,22,23)(H,25,26). The molecular formula is C20H18N4O5S. The van der Waals surface area contributed by atoms with Crippen molar-refractivity contribution in [2.45, 2.75) is 11.4 Å². The number of benzene rings is 2. The third-order valence-corrected chi connectivity index (χ3v) is 5.22. The van der Waals surface area contributed by atoms with Crippen LogP contribution in [0.5, 0.6) is 11.5 Å². The van der Waals surface area contributed by atoms with Crippen molar-refractivity contribution in [3.05, 3.63) is 59.9 Å². The summed E-state index contributed by atoms with van der Waals surface area (Å²) < 4.78 is 21.1. The second-order valence-corrected chi connectivity index (χ2v) is 7.14. The number of methoxy groups -OCH3 is 2. The number of aromatic carboxylic acids is 1. The molecular weight excluding hydrogens is 408 g/mol. The van der Waals surface area contributed by atoms with Gasteiger partial charge in [-0.25, -0.2) is 4.79 Å². The highest BCUT2D eigenvalue weighted by Crippen LogP contribution is 2.37. The number of para-hydroxylation sites is 1. The Balaban J connectivity index is 1.59. The van der Waals surface area contributed by atoms with Crippen LogP contribution in [0.4, 0.5) is 5.82 Å². The number of nitrogens with zero attached hydrogens (tertiary/aromatic N) is 3. The predicted molar refractivity (Wildman–Crippen MR) is 111 cm³/mol. The largest absolute Gasteiger partial charge is 0.496 e. The minimum absolute atomic E-state index is 0.127. The van der Waals surface area contributed by atoms with Crippen LogP contribution in [0, 0.1) is 0 Å². The van der Waals surface area contributed by atoms with Gasteiger partial charge < -0.3 is 23.8 Å². The quantitative estimate of drug-likeness (QED) is 0.405. The van der Waals surface area contributed by atoms with E-state index < -0.39 is 5.97 Å². The van der Waals surface area contributed by atoms with Crippen LogP contribution in [-0.2, 0) is 6.54 Å². The van der Waals surface area contributed by atoms with E-state index >= 15 is 0 Å². The van der Waals surface area contributed by atoms with E-state index in [0.29, 0.717) is 29.1 Å². The van der Waals surface area contributed by atoms with E-state index in [0.717, 1.165) is 16.2 Å². The van der Waals surface area contributed by atoms with Crippen LogP contribution in [0.1, 0.15) is 15.9 Å². The SMILES string of the molecule is COc1ccccc1SNc1noc2cc(Cn3cc(C(=O)O)cn3)cc(OC)c12. The molecule has 9 nitrogen and oxygen atoms in total. The number of ether oxygens (including phenoxy) is 2. The number of carboxylic acid groups (broad SMARTS) is 1. The van der Waals surface area contributed by atoms with Crippen molar-refractivity contribution >= 4 is 34.7 Å². The van der Waals surface area contributed by atoms with Crippen LogP contribution in [0.15, 0.2) is 58.2 Å². The van der Waals surface area contributed by atoms with E-state index in [9.17, 15) is 4.79 Å². The normalized spacial score (nSPS) is 10.9. The lowest BCUT2D eigenvalue weighted by Gasteiger charge is -2.09. The van der Waals surface area contributed by atoms with Crippen molar-refractivity contribution in [3.63, 3.8) is 0 Å². The summed E-state index contributed by atoms with van der Waals surface area (Å²) in [5, 5.41) is 17.9. The molecule has 0 saturated heterocycles. The van der Waals surface area contributed by atoms with Gasteiger partial charge in [-0.3, -0.25) is 4.68 Å². The summed E-state index contributed by atoms with van der Waals surface area (Å²) in [5.74, 6) is 0.832. The molecule has 30 heavy (non-hydrogen) atoms. The molecule has 2 N–H and O–H groups in total. The Hall–Kier alpha value is -3.66. The van der Waals surface area contributed by atoms with Crippen LogP contribution in [0.2, 0.25) is 0 Å². The van der Waals surface area contributed by atoms with E-state index in [-0.39, 0.29) is 5.56 Å². The van der Waals surface area contributed by atoms with Gasteiger partial charge in [-0.1, -0.05) is 17.3 Å². The second-order valence-electron chi connectivity index (χ2n) is 6.29. The molecule has 2 aromatic heterocycles. The molecule has 2 heterocycles. The summed E-state index contributed by atoms with van der Waals surface area (Å²) in [4.78, 5) is 11.9. The zero-order valence-corrected chi connectivity index (χ0v) is 17.0. The molecule has 10 heteroatoms. The van der Waals surface area contributed by atoms with E-state index in [1.165, 1.54) is 29.0 Å². The van der Waals surface area contributed by atoms with E-state index in [1.54, 1.807) is 14.2 Å². The van der Waals surface area contributed by atoms with Crippen molar-refractivity contribution in [2.75, 3.05) is 18.9 Å². The number of hydrogen-bond donors (Lipinski definition) is 2. The highest BCUT2D eigenvalue weighted by molar-refractivity contribution is 8.00. The summed E-state index contributed by atoms with van der Waals surface area (Å²) in [5.41, 5.74) is 1.50. The van der Waals surface area contributed by atoms with Crippen molar-refractivity contribution in [1.29, 1.82) is 0 Å². The first kappa shape index (κ1) is 19.6. The minimum Gasteiger partial charge on any atom is -0.496 e. The molecule has 0 unspecified atom stereocenters. The number of anilines is 1. The van der Waals surface area contributed by atoms with Crippen LogP contribution >= 0.6 is 11.9 Å². The number of hydrogen-bond acceptors (Lipinski definition) is 8. The van der Waals surface area contributed by atoms with Gasteiger partial charge in [0.1, 0.15) is 16.9 Å². The highest BCUT2D eigenvalue weighted by Gasteiger charge is 2.17.